The number of aromatic nitrogens is 1. The van der Waals surface area contributed by atoms with Crippen LogP contribution in [0.3, 0.4) is 0 Å². The molecule has 0 saturated heterocycles. The fraction of sp³-hybridized carbons (Fsp3) is 0.354. The summed E-state index contributed by atoms with van der Waals surface area (Å²) in [7, 11) is 0. The van der Waals surface area contributed by atoms with E-state index in [2.05, 4.69) is 139 Å². The largest absolute Gasteiger partial charge is 0.258 e. The highest BCUT2D eigenvalue weighted by Gasteiger charge is 2.12. The zero-order valence-electron chi connectivity index (χ0n) is 32.3. The second-order valence-corrected chi connectivity index (χ2v) is 11.6. The first-order valence-corrected chi connectivity index (χ1v) is 18.4. The molecule has 264 valence electrons. The van der Waals surface area contributed by atoms with Crippen LogP contribution in [0.15, 0.2) is 146 Å². The molecule has 1 nitrogen and oxygen atoms in total. The van der Waals surface area contributed by atoms with E-state index in [1.807, 2.05) is 45.9 Å². The van der Waals surface area contributed by atoms with Gasteiger partial charge in [-0.2, -0.15) is 0 Å². The minimum atomic E-state index is 0.427. The van der Waals surface area contributed by atoms with E-state index in [0.29, 0.717) is 5.92 Å². The van der Waals surface area contributed by atoms with Gasteiger partial charge in [-0.1, -0.05) is 150 Å². The summed E-state index contributed by atoms with van der Waals surface area (Å²) in [6.45, 7) is 27.2. The molecule has 1 heterocycles. The maximum Gasteiger partial charge on any atom is 0.0447 e. The SMILES string of the molecule is C=C/C=C\C.C=CC.C=CC1=CCCCC=C1C.CC.CC/C=c1/cccc/c1=C/C/C=C\Cc1cc(C(C)C2=CCCC=C2)cc(C)n1. The lowest BCUT2D eigenvalue weighted by atomic mass is 9.89. The predicted molar refractivity (Wildman–Crippen MR) is 224 cm³/mol. The Labute approximate surface area is 302 Å². The Bertz CT molecular complexity index is 1530. The van der Waals surface area contributed by atoms with Crippen molar-refractivity contribution >= 4 is 12.2 Å². The summed E-state index contributed by atoms with van der Waals surface area (Å²) in [5, 5.41) is 2.64. The first kappa shape index (κ1) is 44.8. The van der Waals surface area contributed by atoms with Gasteiger partial charge in [0.2, 0.25) is 0 Å². The van der Waals surface area contributed by atoms with Crippen molar-refractivity contribution in [3.05, 3.63) is 173 Å². The normalized spacial score (nSPS) is 14.9. The Morgan fingerprint density at radius 2 is 1.53 bits per heavy atom. The number of hydrogen-bond acceptors (Lipinski definition) is 1. The lowest BCUT2D eigenvalue weighted by Crippen LogP contribution is -2.23. The third-order valence-electron chi connectivity index (χ3n) is 7.67. The molecule has 1 aromatic carbocycles. The van der Waals surface area contributed by atoms with Crippen molar-refractivity contribution in [2.75, 3.05) is 0 Å². The van der Waals surface area contributed by atoms with E-state index >= 15 is 0 Å². The summed E-state index contributed by atoms with van der Waals surface area (Å²) in [5.41, 5.74) is 7.76. The standard InChI is InChI=1S/C28H33N.C10H14.C5H8.C3H6.C2H6/c1-4-13-25-17-11-12-18-26(25)16-9-6-10-19-28-21-27(20-22(2)29-28)23(3)24-14-7-5-8-15-24;1-3-10-8-6-4-5-7-9(10)2;1-3-5-4-2;1-3-2;1-2/h6-7,10-18,20-21,23H,4-5,8-9,19H2,1-3H3;3,7-8H,1,4-6H2,2H3;3-5H,1H2,2H3;3H,1H2,2H3;1-2H3/b10-6-,25-13-,26-16-;;5-4-;;. The van der Waals surface area contributed by atoms with E-state index in [-0.39, 0.29) is 0 Å². The summed E-state index contributed by atoms with van der Waals surface area (Å²) in [5.74, 6) is 0.427. The summed E-state index contributed by atoms with van der Waals surface area (Å²) in [4.78, 5) is 4.75. The van der Waals surface area contributed by atoms with Crippen LogP contribution >= 0.6 is 0 Å². The average molecular weight is 658 g/mol. The maximum absolute atomic E-state index is 4.75. The molecule has 1 unspecified atom stereocenters. The van der Waals surface area contributed by atoms with E-state index < -0.39 is 0 Å². The van der Waals surface area contributed by atoms with Crippen LogP contribution in [0.1, 0.15) is 116 Å². The van der Waals surface area contributed by atoms with Crippen LogP contribution in [0, 0.1) is 6.92 Å². The van der Waals surface area contributed by atoms with Gasteiger partial charge in [-0.15, -0.1) is 6.58 Å². The molecule has 2 aromatic rings. The molecule has 0 N–H and O–H groups in total. The minimum Gasteiger partial charge on any atom is -0.258 e. The molecule has 1 atom stereocenters. The molecule has 0 fully saturated rings. The van der Waals surface area contributed by atoms with Crippen molar-refractivity contribution < 1.29 is 0 Å². The summed E-state index contributed by atoms with van der Waals surface area (Å²) < 4.78 is 0. The van der Waals surface area contributed by atoms with E-state index in [4.69, 9.17) is 4.98 Å². The number of hydrogen-bond donors (Lipinski definition) is 0. The highest BCUT2D eigenvalue weighted by atomic mass is 14.7. The van der Waals surface area contributed by atoms with Gasteiger partial charge in [0, 0.05) is 23.7 Å². The van der Waals surface area contributed by atoms with Crippen LogP contribution in [0.5, 0.6) is 0 Å². The molecule has 0 amide bonds. The van der Waals surface area contributed by atoms with Gasteiger partial charge in [-0.25, -0.2) is 0 Å². The molecule has 0 bridgehead atoms. The van der Waals surface area contributed by atoms with Crippen LogP contribution < -0.4 is 10.4 Å². The molecule has 2 aliphatic rings. The Morgan fingerprint density at radius 3 is 2.10 bits per heavy atom. The smallest absolute Gasteiger partial charge is 0.0447 e. The third-order valence-corrected chi connectivity index (χ3v) is 7.67. The molecule has 0 saturated carbocycles. The fourth-order valence-corrected chi connectivity index (χ4v) is 5.22. The van der Waals surface area contributed by atoms with E-state index in [1.54, 1.807) is 12.2 Å². The van der Waals surface area contributed by atoms with Gasteiger partial charge in [0.15, 0.2) is 0 Å². The summed E-state index contributed by atoms with van der Waals surface area (Å²) in [6, 6.07) is 13.1. The van der Waals surface area contributed by atoms with Gasteiger partial charge in [0.25, 0.3) is 0 Å². The Hall–Kier alpha value is -4.23. The molecular weight excluding hydrogens is 591 g/mol. The van der Waals surface area contributed by atoms with Crippen LogP contribution in [0.4, 0.5) is 0 Å². The number of pyridine rings is 1. The molecular formula is C48H67N. The second kappa shape index (κ2) is 29.9. The quantitative estimate of drug-likeness (QED) is 0.193. The zero-order chi connectivity index (χ0) is 36.7. The van der Waals surface area contributed by atoms with Crippen molar-refractivity contribution in [1.29, 1.82) is 0 Å². The van der Waals surface area contributed by atoms with Crippen LogP contribution in [-0.2, 0) is 6.42 Å². The predicted octanol–water partition coefficient (Wildman–Crippen LogP) is 13.1. The molecule has 4 rings (SSSR count). The summed E-state index contributed by atoms with van der Waals surface area (Å²) in [6.07, 6.45) is 38.8. The van der Waals surface area contributed by atoms with Gasteiger partial charge in [-0.3, -0.25) is 4.98 Å². The number of rotatable bonds is 9. The van der Waals surface area contributed by atoms with Gasteiger partial charge in [-0.05, 0) is 117 Å². The second-order valence-electron chi connectivity index (χ2n) is 11.6. The van der Waals surface area contributed by atoms with Crippen molar-refractivity contribution in [2.24, 2.45) is 0 Å². The molecule has 2 aliphatic carbocycles. The maximum atomic E-state index is 4.75. The lowest BCUT2D eigenvalue weighted by Gasteiger charge is -2.17. The van der Waals surface area contributed by atoms with Crippen molar-refractivity contribution in [2.45, 2.75) is 113 Å². The van der Waals surface area contributed by atoms with Crippen LogP contribution in [-0.4, -0.2) is 4.98 Å². The van der Waals surface area contributed by atoms with E-state index in [0.717, 1.165) is 37.1 Å². The monoisotopic (exact) mass is 658 g/mol. The highest BCUT2D eigenvalue weighted by molar-refractivity contribution is 5.39. The molecule has 1 heteroatoms. The Kier molecular flexibility index (Phi) is 27.3. The molecule has 0 radical (unpaired) electrons. The first-order valence-electron chi connectivity index (χ1n) is 18.4. The topological polar surface area (TPSA) is 12.9 Å². The number of aryl methyl sites for hydroxylation is 1. The van der Waals surface area contributed by atoms with E-state index in [1.165, 1.54) is 58.4 Å². The Balaban J connectivity index is 0.000000942. The molecule has 0 spiro atoms. The zero-order valence-corrected chi connectivity index (χ0v) is 32.3. The first-order chi connectivity index (χ1) is 23.8. The molecule has 49 heavy (non-hydrogen) atoms. The average Bonchev–Trinajstić information content (AvgIpc) is 3.34. The van der Waals surface area contributed by atoms with Gasteiger partial charge >= 0.3 is 0 Å². The van der Waals surface area contributed by atoms with Gasteiger partial charge in [0.05, 0.1) is 0 Å². The Morgan fingerprint density at radius 1 is 0.857 bits per heavy atom. The van der Waals surface area contributed by atoms with Crippen molar-refractivity contribution in [3.63, 3.8) is 0 Å². The van der Waals surface area contributed by atoms with Gasteiger partial charge < -0.3 is 0 Å². The van der Waals surface area contributed by atoms with Crippen molar-refractivity contribution in [3.8, 4) is 0 Å². The third kappa shape index (κ3) is 20.0. The van der Waals surface area contributed by atoms with Crippen LogP contribution in [0.25, 0.3) is 12.2 Å². The number of allylic oxidation sites excluding steroid dienone is 15. The number of nitrogens with zero attached hydrogens (tertiary/aromatic N) is 1. The van der Waals surface area contributed by atoms with Crippen molar-refractivity contribution in [1.82, 2.24) is 4.98 Å². The highest BCUT2D eigenvalue weighted by Crippen LogP contribution is 2.28. The minimum absolute atomic E-state index is 0.427. The summed E-state index contributed by atoms with van der Waals surface area (Å²) >= 11 is 0. The van der Waals surface area contributed by atoms with E-state index in [9.17, 15) is 0 Å². The lowest BCUT2D eigenvalue weighted by molar-refractivity contribution is 0.869. The van der Waals surface area contributed by atoms with Gasteiger partial charge in [0.1, 0.15) is 0 Å². The molecule has 0 aliphatic heterocycles. The number of benzene rings is 1. The molecule has 1 aromatic heterocycles. The fourth-order valence-electron chi connectivity index (χ4n) is 5.22. The van der Waals surface area contributed by atoms with Crippen LogP contribution in [0.2, 0.25) is 0 Å².